The van der Waals surface area contributed by atoms with Gasteiger partial charge in [0.05, 0.1) is 29.6 Å². The largest absolute Gasteiger partial charge is 0.497 e. The molecule has 0 aromatic heterocycles. The molecule has 0 radical (unpaired) electrons. The number of anilines is 1. The number of nitrogens with one attached hydrogen (secondary N) is 1. The zero-order valence-electron chi connectivity index (χ0n) is 22.6. The first-order valence-electron chi connectivity index (χ1n) is 12.0. The van der Waals surface area contributed by atoms with Crippen molar-refractivity contribution in [3.8, 4) is 5.75 Å². The molecule has 2 rings (SSSR count). The number of nitrogens with zero attached hydrogens (tertiary/aromatic N) is 2. The fourth-order valence-electron chi connectivity index (χ4n) is 3.80. The van der Waals surface area contributed by atoms with Gasteiger partial charge in [0.2, 0.25) is 21.8 Å². The van der Waals surface area contributed by atoms with Crippen LogP contribution in [0.25, 0.3) is 0 Å². The molecule has 1 atom stereocenters. The maximum atomic E-state index is 13.7. The molecule has 1 N–H and O–H groups in total. The van der Waals surface area contributed by atoms with Gasteiger partial charge in [-0.25, -0.2) is 8.42 Å². The molecule has 39 heavy (non-hydrogen) atoms. The lowest BCUT2D eigenvalue weighted by Gasteiger charge is -2.34. The number of rotatable bonds is 10. The Morgan fingerprint density at radius 2 is 1.67 bits per heavy atom. The first-order valence-corrected chi connectivity index (χ1v) is 14.2. The number of alkyl halides is 3. The lowest BCUT2D eigenvalue weighted by atomic mass is 10.1. The van der Waals surface area contributed by atoms with Gasteiger partial charge in [-0.15, -0.1) is 0 Å². The van der Waals surface area contributed by atoms with Gasteiger partial charge in [0, 0.05) is 12.1 Å². The van der Waals surface area contributed by atoms with Gasteiger partial charge in [0.1, 0.15) is 18.3 Å². The number of benzene rings is 2. The molecular weight excluding hydrogens is 559 g/mol. The van der Waals surface area contributed by atoms with Crippen LogP contribution in [0.2, 0.25) is 5.02 Å². The summed E-state index contributed by atoms with van der Waals surface area (Å²) in [5.74, 6) is -0.667. The number of amides is 2. The van der Waals surface area contributed by atoms with E-state index in [1.807, 2.05) is 0 Å². The van der Waals surface area contributed by atoms with E-state index in [1.165, 1.54) is 12.0 Å². The highest BCUT2D eigenvalue weighted by Crippen LogP contribution is 2.37. The number of hydrogen-bond donors (Lipinski definition) is 1. The van der Waals surface area contributed by atoms with Gasteiger partial charge in [-0.3, -0.25) is 13.9 Å². The van der Waals surface area contributed by atoms with E-state index in [1.54, 1.807) is 52.0 Å². The van der Waals surface area contributed by atoms with E-state index in [0.29, 0.717) is 21.7 Å². The molecule has 0 bridgehead atoms. The second-order valence-electron chi connectivity index (χ2n) is 9.96. The summed E-state index contributed by atoms with van der Waals surface area (Å²) in [5, 5.41) is 2.22. The monoisotopic (exact) mass is 591 g/mol. The Labute approximate surface area is 232 Å². The Kier molecular flexibility index (Phi) is 10.3. The Morgan fingerprint density at radius 3 is 2.13 bits per heavy atom. The lowest BCUT2D eigenvalue weighted by Crippen LogP contribution is -2.55. The van der Waals surface area contributed by atoms with Crippen LogP contribution in [-0.2, 0) is 32.3 Å². The number of hydrogen-bond acceptors (Lipinski definition) is 5. The van der Waals surface area contributed by atoms with Crippen molar-refractivity contribution in [2.24, 2.45) is 0 Å². The van der Waals surface area contributed by atoms with E-state index in [4.69, 9.17) is 16.3 Å². The molecule has 0 aliphatic rings. The van der Waals surface area contributed by atoms with Gasteiger partial charge < -0.3 is 15.0 Å². The molecule has 0 aliphatic carbocycles. The van der Waals surface area contributed by atoms with Gasteiger partial charge >= 0.3 is 6.18 Å². The van der Waals surface area contributed by atoms with E-state index >= 15 is 0 Å². The summed E-state index contributed by atoms with van der Waals surface area (Å²) >= 11 is 5.70. The first kappa shape index (κ1) is 32.2. The predicted molar refractivity (Wildman–Crippen MR) is 144 cm³/mol. The first-order chi connectivity index (χ1) is 17.9. The van der Waals surface area contributed by atoms with Crippen LogP contribution in [0.1, 0.15) is 45.2 Å². The molecule has 0 spiro atoms. The number of carbonyl (C=O) groups excluding carboxylic acids is 2. The quantitative estimate of drug-likeness (QED) is 0.426. The third kappa shape index (κ3) is 9.03. The molecule has 8 nitrogen and oxygen atoms in total. The van der Waals surface area contributed by atoms with Crippen LogP contribution in [0.4, 0.5) is 18.9 Å². The van der Waals surface area contributed by atoms with E-state index in [-0.39, 0.29) is 18.7 Å². The SMILES string of the molecule is CCC(C(=O)NC(C)(C)C)N(Cc1ccc(OC)cc1)C(=O)CN(c1ccc(Cl)c(C(F)(F)F)c1)S(C)(=O)=O. The van der Waals surface area contributed by atoms with Crippen LogP contribution in [0, 0.1) is 0 Å². The smallest absolute Gasteiger partial charge is 0.417 e. The molecule has 13 heteroatoms. The highest BCUT2D eigenvalue weighted by molar-refractivity contribution is 7.92. The summed E-state index contributed by atoms with van der Waals surface area (Å²) in [7, 11) is -2.73. The summed E-state index contributed by atoms with van der Waals surface area (Å²) in [6.45, 7) is 6.12. The molecule has 0 fully saturated rings. The van der Waals surface area contributed by atoms with Crippen LogP contribution in [0.3, 0.4) is 0 Å². The molecule has 216 valence electrons. The molecule has 0 aliphatic heterocycles. The third-order valence-corrected chi connectivity index (χ3v) is 7.09. The minimum absolute atomic E-state index is 0.0646. The van der Waals surface area contributed by atoms with Crippen molar-refractivity contribution >= 4 is 39.1 Å². The van der Waals surface area contributed by atoms with Crippen LogP contribution in [0.5, 0.6) is 5.75 Å². The van der Waals surface area contributed by atoms with Crippen molar-refractivity contribution in [3.63, 3.8) is 0 Å². The summed E-state index contributed by atoms with van der Waals surface area (Å²) in [6.07, 6.45) is -3.87. The summed E-state index contributed by atoms with van der Waals surface area (Å²) in [5.41, 5.74) is -1.62. The number of sulfonamides is 1. The average Bonchev–Trinajstić information content (AvgIpc) is 2.80. The second kappa shape index (κ2) is 12.5. The molecule has 2 aromatic carbocycles. The van der Waals surface area contributed by atoms with E-state index < -0.39 is 56.7 Å². The van der Waals surface area contributed by atoms with Crippen LogP contribution in [0.15, 0.2) is 42.5 Å². The van der Waals surface area contributed by atoms with Gasteiger partial charge in [0.25, 0.3) is 0 Å². The normalized spacial score (nSPS) is 13.0. The zero-order chi connectivity index (χ0) is 29.8. The molecular formula is C26H33ClF3N3O5S. The van der Waals surface area contributed by atoms with E-state index in [2.05, 4.69) is 5.32 Å². The topological polar surface area (TPSA) is 96.0 Å². The molecule has 0 saturated heterocycles. The number of carbonyl (C=O) groups is 2. The Morgan fingerprint density at radius 1 is 1.08 bits per heavy atom. The van der Waals surface area contributed by atoms with Gasteiger partial charge in [0.15, 0.2) is 0 Å². The van der Waals surface area contributed by atoms with Gasteiger partial charge in [-0.1, -0.05) is 30.7 Å². The standard InChI is InChI=1S/C26H33ClF3N3O5S/c1-7-22(24(35)31-25(2,3)4)32(15-17-8-11-19(38-5)12-9-17)23(34)16-33(39(6,36)37)18-10-13-21(27)20(14-18)26(28,29)30/h8-14,22H,7,15-16H2,1-6H3,(H,31,35). The minimum atomic E-state index is -4.85. The third-order valence-electron chi connectivity index (χ3n) is 5.62. The van der Waals surface area contributed by atoms with Crippen molar-refractivity contribution in [2.75, 3.05) is 24.2 Å². The van der Waals surface area contributed by atoms with Crippen LogP contribution >= 0.6 is 11.6 Å². The average molecular weight is 592 g/mol. The molecule has 2 amide bonds. The van der Waals surface area contributed by atoms with Crippen molar-refractivity contribution in [1.29, 1.82) is 0 Å². The van der Waals surface area contributed by atoms with Gasteiger partial charge in [-0.05, 0) is 63.1 Å². The minimum Gasteiger partial charge on any atom is -0.497 e. The van der Waals surface area contributed by atoms with Gasteiger partial charge in [-0.2, -0.15) is 13.2 Å². The second-order valence-corrected chi connectivity index (χ2v) is 12.3. The van der Waals surface area contributed by atoms with E-state index in [0.717, 1.165) is 18.4 Å². The molecule has 1 unspecified atom stereocenters. The molecule has 2 aromatic rings. The van der Waals surface area contributed by atoms with Crippen molar-refractivity contribution in [3.05, 3.63) is 58.6 Å². The maximum absolute atomic E-state index is 13.7. The number of ether oxygens (including phenoxy) is 1. The van der Waals surface area contributed by atoms with E-state index in [9.17, 15) is 31.2 Å². The Bertz CT molecular complexity index is 1280. The fourth-order valence-corrected chi connectivity index (χ4v) is 4.87. The highest BCUT2D eigenvalue weighted by Gasteiger charge is 2.36. The van der Waals surface area contributed by atoms with Crippen LogP contribution < -0.4 is 14.4 Å². The summed E-state index contributed by atoms with van der Waals surface area (Å²) in [6, 6.07) is 8.32. The Balaban J connectivity index is 2.54. The Hall–Kier alpha value is -2.99. The van der Waals surface area contributed by atoms with Crippen molar-refractivity contribution in [2.45, 2.75) is 58.4 Å². The summed E-state index contributed by atoms with van der Waals surface area (Å²) in [4.78, 5) is 28.1. The lowest BCUT2D eigenvalue weighted by molar-refractivity contribution is -0.141. The molecule has 0 saturated carbocycles. The summed E-state index contributed by atoms with van der Waals surface area (Å²) < 4.78 is 71.5. The number of halogens is 4. The highest BCUT2D eigenvalue weighted by atomic mass is 35.5. The molecule has 0 heterocycles. The van der Waals surface area contributed by atoms with Crippen molar-refractivity contribution < 1.29 is 35.9 Å². The number of methoxy groups -OCH3 is 1. The predicted octanol–water partition coefficient (Wildman–Crippen LogP) is 4.86. The maximum Gasteiger partial charge on any atom is 0.417 e. The van der Waals surface area contributed by atoms with Crippen molar-refractivity contribution in [1.82, 2.24) is 10.2 Å². The fraction of sp³-hybridized carbons (Fsp3) is 0.462. The van der Waals surface area contributed by atoms with Crippen LogP contribution in [-0.4, -0.2) is 56.6 Å². The zero-order valence-corrected chi connectivity index (χ0v) is 24.2.